The third kappa shape index (κ3) is 21.3. The van der Waals surface area contributed by atoms with E-state index in [4.69, 9.17) is 22.0 Å². The third-order valence-corrected chi connectivity index (χ3v) is 5.26. The van der Waals surface area contributed by atoms with Gasteiger partial charge in [0.1, 0.15) is 24.2 Å². The van der Waals surface area contributed by atoms with Crippen LogP contribution in [0.2, 0.25) is 0 Å². The molecular formula is C24H41N6NaO9. The van der Waals surface area contributed by atoms with Crippen molar-refractivity contribution in [2.45, 2.75) is 83.0 Å². The van der Waals surface area contributed by atoms with E-state index in [1.807, 2.05) is 13.8 Å². The first kappa shape index (κ1) is 41.9. The summed E-state index contributed by atoms with van der Waals surface area (Å²) in [6.45, 7) is 3.81. The largest absolute Gasteiger partial charge is 1.00 e. The summed E-state index contributed by atoms with van der Waals surface area (Å²) in [6, 6.07) is -4.08. The zero-order valence-electron chi connectivity index (χ0n) is 23.6. The van der Waals surface area contributed by atoms with Crippen LogP contribution in [0.15, 0.2) is 0 Å². The van der Waals surface area contributed by atoms with Crippen LogP contribution < -0.4 is 62.1 Å². The number of nitrogens with two attached hydrogens (primary N) is 2. The molecule has 40 heavy (non-hydrogen) atoms. The Morgan fingerprint density at radius 2 is 1.50 bits per heavy atom. The predicted octanol–water partition coefficient (Wildman–Crippen LogP) is -5.97. The van der Waals surface area contributed by atoms with E-state index in [9.17, 15) is 38.7 Å². The Kier molecular flexibility index (Phi) is 25.4. The van der Waals surface area contributed by atoms with Crippen LogP contribution in [0.25, 0.3) is 0 Å². The Hall–Kier alpha value is -2.56. The number of rotatable bonds is 20. The van der Waals surface area contributed by atoms with Crippen molar-refractivity contribution in [1.82, 2.24) is 16.0 Å². The molecule has 0 aliphatic carbocycles. The number of likely N-dealkylation sites (N-methyl/N-ethyl adjacent to an activating group) is 1. The molecule has 0 spiro atoms. The van der Waals surface area contributed by atoms with E-state index in [1.165, 1.54) is 7.05 Å². The summed E-state index contributed by atoms with van der Waals surface area (Å²) in [5, 5.41) is 34.1. The van der Waals surface area contributed by atoms with Crippen molar-refractivity contribution in [3.8, 4) is 0 Å². The van der Waals surface area contributed by atoms with Gasteiger partial charge in [0.25, 0.3) is 0 Å². The molecule has 0 radical (unpaired) electrons. The van der Waals surface area contributed by atoms with Gasteiger partial charge in [-0.15, -0.1) is 0 Å². The number of amides is 2. The first-order valence-corrected chi connectivity index (χ1v) is 12.4. The molecule has 0 rings (SSSR count). The molecular weight excluding hydrogens is 539 g/mol. The summed E-state index contributed by atoms with van der Waals surface area (Å²) in [7, 11) is 1.41. The Bertz CT molecular complexity index is 857. The SMILES string of the molecule is CC(C)CC(N)C=O.CNC(CCC(=O)NC(CCC(=O)CN)C(=O)NC(CCC(=O)C=N)C(=O)[O-])C(=O)O.[Na+]. The number of ketones is 2. The van der Waals surface area contributed by atoms with E-state index in [0.29, 0.717) is 12.1 Å². The van der Waals surface area contributed by atoms with E-state index in [1.54, 1.807) is 0 Å². The van der Waals surface area contributed by atoms with Crippen LogP contribution in [0.3, 0.4) is 0 Å². The minimum absolute atomic E-state index is 0. The standard InChI is InChI=1S/C18H29N5O8.C6H13NO.Na/c1-21-13(17(28)29)6-7-15(26)22-12(4-2-10(24)8-19)16(27)23-14(18(30)31)5-3-11(25)9-20;1-5(2)3-6(7)4-8;/h9,12-14,20-21H,2-8,19H2,1H3,(H,22,26)(H,23,27)(H,28,29)(H,30,31);4-6H,3,7H2,1-2H3;/q;;+1/p-1. The average Bonchev–Trinajstić information content (AvgIpc) is 2.87. The number of Topliss-reactive ketones (excluding diaryl/α,β-unsaturated/α-hetero) is 2. The monoisotopic (exact) mass is 580 g/mol. The molecule has 4 unspecified atom stereocenters. The minimum Gasteiger partial charge on any atom is -0.548 e. The summed E-state index contributed by atoms with van der Waals surface area (Å²) in [4.78, 5) is 79.5. The molecule has 0 aliphatic heterocycles. The van der Waals surface area contributed by atoms with Crippen LogP contribution in [0.1, 0.15) is 58.8 Å². The fraction of sp³-hybridized carbons (Fsp3) is 0.667. The Morgan fingerprint density at radius 1 is 0.950 bits per heavy atom. The van der Waals surface area contributed by atoms with Crippen molar-refractivity contribution in [1.29, 1.82) is 5.41 Å². The fourth-order valence-electron chi connectivity index (χ4n) is 3.09. The second-order valence-corrected chi connectivity index (χ2v) is 9.08. The molecule has 0 aromatic rings. The summed E-state index contributed by atoms with van der Waals surface area (Å²) in [6.07, 6.45) is 0.825. The molecule has 16 heteroatoms. The summed E-state index contributed by atoms with van der Waals surface area (Å²) >= 11 is 0. The fourth-order valence-corrected chi connectivity index (χ4v) is 3.09. The zero-order chi connectivity index (χ0) is 30.5. The smallest absolute Gasteiger partial charge is 0.548 e. The number of carbonyl (C=O) groups is 7. The van der Waals surface area contributed by atoms with E-state index < -0.39 is 47.7 Å². The maximum Gasteiger partial charge on any atom is 1.00 e. The third-order valence-electron chi connectivity index (χ3n) is 5.26. The van der Waals surface area contributed by atoms with Crippen molar-refractivity contribution in [2.24, 2.45) is 17.4 Å². The van der Waals surface area contributed by atoms with Gasteiger partial charge in [0, 0.05) is 19.3 Å². The van der Waals surface area contributed by atoms with Gasteiger partial charge >= 0.3 is 35.5 Å². The number of hydrogen-bond donors (Lipinski definition) is 7. The zero-order valence-corrected chi connectivity index (χ0v) is 25.6. The predicted molar refractivity (Wildman–Crippen MR) is 138 cm³/mol. The molecule has 0 bridgehead atoms. The number of aldehydes is 1. The van der Waals surface area contributed by atoms with Crippen molar-refractivity contribution in [3.63, 3.8) is 0 Å². The molecule has 0 saturated heterocycles. The summed E-state index contributed by atoms with van der Waals surface area (Å²) in [5.41, 5.74) is 10.5. The molecule has 2 amide bonds. The Labute approximate surface area is 255 Å². The molecule has 222 valence electrons. The van der Waals surface area contributed by atoms with Gasteiger partial charge in [-0.25, -0.2) is 0 Å². The average molecular weight is 581 g/mol. The molecule has 0 saturated carbocycles. The maximum atomic E-state index is 12.5. The van der Waals surface area contributed by atoms with Crippen LogP contribution in [-0.4, -0.2) is 90.7 Å². The van der Waals surface area contributed by atoms with E-state index >= 15 is 0 Å². The van der Waals surface area contributed by atoms with Gasteiger partial charge in [-0.1, -0.05) is 13.8 Å². The second-order valence-electron chi connectivity index (χ2n) is 9.08. The van der Waals surface area contributed by atoms with Crippen molar-refractivity contribution in [3.05, 3.63) is 0 Å². The van der Waals surface area contributed by atoms with Crippen LogP contribution >= 0.6 is 0 Å². The van der Waals surface area contributed by atoms with Gasteiger partial charge in [-0.3, -0.25) is 24.0 Å². The van der Waals surface area contributed by atoms with Gasteiger partial charge < -0.3 is 52.6 Å². The van der Waals surface area contributed by atoms with Crippen molar-refractivity contribution < 1.29 is 73.3 Å². The van der Waals surface area contributed by atoms with Gasteiger partial charge in [0.05, 0.1) is 30.8 Å². The van der Waals surface area contributed by atoms with Gasteiger partial charge in [0.2, 0.25) is 11.8 Å². The molecule has 4 atom stereocenters. The number of carboxylic acid groups (broad SMARTS) is 2. The maximum absolute atomic E-state index is 12.5. The van der Waals surface area contributed by atoms with Crippen LogP contribution in [0.5, 0.6) is 0 Å². The quantitative estimate of drug-likeness (QED) is 0.0403. The summed E-state index contributed by atoms with van der Waals surface area (Å²) < 4.78 is 0. The topological polar surface area (TPSA) is 275 Å². The first-order chi connectivity index (χ1) is 18.2. The number of carboxylic acids is 2. The van der Waals surface area contributed by atoms with Gasteiger partial charge in [-0.2, -0.15) is 0 Å². The molecule has 15 nitrogen and oxygen atoms in total. The molecule has 0 aromatic heterocycles. The van der Waals surface area contributed by atoms with Gasteiger partial charge in [0.15, 0.2) is 5.78 Å². The van der Waals surface area contributed by atoms with E-state index in [-0.39, 0.29) is 86.5 Å². The normalized spacial score (nSPS) is 13.2. The Balaban J connectivity index is -0.00000131. The molecule has 0 aromatic carbocycles. The number of aliphatic carboxylic acids is 2. The van der Waals surface area contributed by atoms with Crippen LogP contribution in [-0.2, 0) is 33.6 Å². The van der Waals surface area contributed by atoms with E-state index in [0.717, 1.165) is 12.7 Å². The molecule has 9 N–H and O–H groups in total. The van der Waals surface area contributed by atoms with Crippen LogP contribution in [0, 0.1) is 11.3 Å². The second kappa shape index (κ2) is 24.3. The first-order valence-electron chi connectivity index (χ1n) is 12.4. The molecule has 0 heterocycles. The van der Waals surface area contributed by atoms with Gasteiger partial charge in [-0.05, 0) is 38.6 Å². The summed E-state index contributed by atoms with van der Waals surface area (Å²) in [5.74, 6) is -4.92. The van der Waals surface area contributed by atoms with E-state index in [2.05, 4.69) is 16.0 Å². The Morgan fingerprint density at radius 3 is 1.90 bits per heavy atom. The number of hydrogen-bond acceptors (Lipinski definition) is 12. The number of nitrogens with one attached hydrogen (secondary N) is 4. The van der Waals surface area contributed by atoms with Crippen molar-refractivity contribution in [2.75, 3.05) is 13.6 Å². The molecule has 0 fully saturated rings. The number of carbonyl (C=O) groups excluding carboxylic acids is 6. The van der Waals surface area contributed by atoms with Crippen molar-refractivity contribution >= 4 is 47.8 Å². The molecule has 0 aliphatic rings. The van der Waals surface area contributed by atoms with Crippen LogP contribution in [0.4, 0.5) is 0 Å². The minimum atomic E-state index is -1.66.